The molecular weight excluding hydrogens is 336 g/mol. The van der Waals surface area contributed by atoms with Crippen LogP contribution in [0.25, 0.3) is 0 Å². The van der Waals surface area contributed by atoms with Crippen molar-refractivity contribution >= 4 is 23.5 Å². The molecule has 3 N–H and O–H groups in total. The summed E-state index contributed by atoms with van der Waals surface area (Å²) in [5.41, 5.74) is 7.90. The van der Waals surface area contributed by atoms with Crippen LogP contribution in [0.5, 0.6) is 0 Å². The van der Waals surface area contributed by atoms with Gasteiger partial charge in [0.25, 0.3) is 0 Å². The van der Waals surface area contributed by atoms with E-state index in [2.05, 4.69) is 10.3 Å². The Labute approximate surface area is 153 Å². The Balaban J connectivity index is 2.10. The molecule has 0 atom stereocenters. The minimum atomic E-state index is -0.433. The van der Waals surface area contributed by atoms with Crippen molar-refractivity contribution in [2.75, 3.05) is 13.6 Å². The monoisotopic (exact) mass is 358 g/mol. The van der Waals surface area contributed by atoms with Crippen LogP contribution in [0.1, 0.15) is 28.4 Å². The molecule has 0 unspecified atom stereocenters. The number of benzene rings is 2. The molecule has 132 valence electrons. The Kier molecular flexibility index (Phi) is 6.83. The molecule has 0 radical (unpaired) electrons. The molecular formula is C19H23ClN4O. The second kappa shape index (κ2) is 9.08. The molecule has 0 bridgehead atoms. The van der Waals surface area contributed by atoms with E-state index in [1.165, 1.54) is 0 Å². The highest BCUT2D eigenvalue weighted by Gasteiger charge is 2.07. The summed E-state index contributed by atoms with van der Waals surface area (Å²) in [5.74, 6) is 0.361. The first-order valence-corrected chi connectivity index (χ1v) is 8.50. The number of nitrogens with zero attached hydrogens (tertiary/aromatic N) is 2. The van der Waals surface area contributed by atoms with Crippen LogP contribution < -0.4 is 11.1 Å². The van der Waals surface area contributed by atoms with E-state index >= 15 is 0 Å². The van der Waals surface area contributed by atoms with Gasteiger partial charge in [-0.25, -0.2) is 4.99 Å². The van der Waals surface area contributed by atoms with E-state index in [-0.39, 0.29) is 0 Å². The van der Waals surface area contributed by atoms with Gasteiger partial charge in [-0.3, -0.25) is 4.79 Å². The molecule has 0 heterocycles. The largest absolute Gasteiger partial charge is 0.366 e. The van der Waals surface area contributed by atoms with Crippen molar-refractivity contribution in [3.8, 4) is 0 Å². The zero-order chi connectivity index (χ0) is 18.2. The van der Waals surface area contributed by atoms with Gasteiger partial charge in [0.2, 0.25) is 5.91 Å². The van der Waals surface area contributed by atoms with Crippen LogP contribution in [0.2, 0.25) is 5.02 Å². The van der Waals surface area contributed by atoms with Crippen LogP contribution in [0, 0.1) is 0 Å². The first-order chi connectivity index (χ1) is 12.0. The Bertz CT molecular complexity index is 743. The number of nitrogens with one attached hydrogen (secondary N) is 1. The predicted molar refractivity (Wildman–Crippen MR) is 103 cm³/mol. The summed E-state index contributed by atoms with van der Waals surface area (Å²) in [5, 5.41) is 4.00. The summed E-state index contributed by atoms with van der Waals surface area (Å²) in [4.78, 5) is 18.0. The fourth-order valence-electron chi connectivity index (χ4n) is 2.40. The molecule has 0 aromatic heterocycles. The van der Waals surface area contributed by atoms with E-state index in [1.54, 1.807) is 12.1 Å². The number of rotatable bonds is 6. The van der Waals surface area contributed by atoms with Crippen molar-refractivity contribution in [1.29, 1.82) is 0 Å². The van der Waals surface area contributed by atoms with E-state index in [0.29, 0.717) is 18.7 Å². The van der Waals surface area contributed by atoms with Gasteiger partial charge in [0, 0.05) is 30.7 Å². The standard InChI is InChI=1S/C19H23ClN4O/c1-3-22-19(24(2)13-14-7-9-17(20)10-8-14)23-12-15-5-4-6-16(11-15)18(21)25/h4-11H,3,12-13H2,1-2H3,(H2,21,25)(H,22,23). The average Bonchev–Trinajstić information content (AvgIpc) is 2.60. The van der Waals surface area contributed by atoms with Crippen LogP contribution in [0.15, 0.2) is 53.5 Å². The zero-order valence-electron chi connectivity index (χ0n) is 14.5. The molecule has 0 aliphatic carbocycles. The minimum absolute atomic E-state index is 0.433. The molecule has 25 heavy (non-hydrogen) atoms. The summed E-state index contributed by atoms with van der Waals surface area (Å²) in [6.45, 7) is 3.98. The molecule has 0 spiro atoms. The zero-order valence-corrected chi connectivity index (χ0v) is 15.3. The van der Waals surface area contributed by atoms with E-state index in [4.69, 9.17) is 17.3 Å². The van der Waals surface area contributed by atoms with Crippen LogP contribution in [0.3, 0.4) is 0 Å². The smallest absolute Gasteiger partial charge is 0.248 e. The first kappa shape index (κ1) is 18.8. The third-order valence-electron chi connectivity index (χ3n) is 3.65. The van der Waals surface area contributed by atoms with Crippen molar-refractivity contribution in [2.24, 2.45) is 10.7 Å². The minimum Gasteiger partial charge on any atom is -0.366 e. The van der Waals surface area contributed by atoms with E-state index in [9.17, 15) is 4.79 Å². The molecule has 1 amide bonds. The molecule has 0 fully saturated rings. The lowest BCUT2D eigenvalue weighted by atomic mass is 10.1. The quantitative estimate of drug-likeness (QED) is 0.616. The fraction of sp³-hybridized carbons (Fsp3) is 0.263. The number of nitrogens with two attached hydrogens (primary N) is 1. The lowest BCUT2D eigenvalue weighted by molar-refractivity contribution is 0.1000. The van der Waals surface area contributed by atoms with Gasteiger partial charge in [-0.2, -0.15) is 0 Å². The number of hydrogen-bond acceptors (Lipinski definition) is 2. The van der Waals surface area contributed by atoms with Crippen molar-refractivity contribution < 1.29 is 4.79 Å². The molecule has 2 aromatic rings. The average molecular weight is 359 g/mol. The van der Waals surface area contributed by atoms with E-state index in [1.807, 2.05) is 55.3 Å². The SMILES string of the molecule is CCNC(=NCc1cccc(C(N)=O)c1)N(C)Cc1ccc(Cl)cc1. The Morgan fingerprint density at radius 2 is 1.92 bits per heavy atom. The highest BCUT2D eigenvalue weighted by molar-refractivity contribution is 6.30. The highest BCUT2D eigenvalue weighted by atomic mass is 35.5. The van der Waals surface area contributed by atoms with E-state index < -0.39 is 5.91 Å². The lowest BCUT2D eigenvalue weighted by Crippen LogP contribution is -2.38. The van der Waals surface area contributed by atoms with Crippen LogP contribution in [0.4, 0.5) is 0 Å². The van der Waals surface area contributed by atoms with Crippen molar-refractivity contribution in [3.05, 3.63) is 70.2 Å². The number of aliphatic imine (C=N–C) groups is 1. The molecule has 2 rings (SSSR count). The van der Waals surface area contributed by atoms with Gasteiger partial charge in [-0.1, -0.05) is 35.9 Å². The lowest BCUT2D eigenvalue weighted by Gasteiger charge is -2.22. The molecule has 0 saturated heterocycles. The molecule has 2 aromatic carbocycles. The third kappa shape index (κ3) is 5.80. The number of primary amides is 1. The Morgan fingerprint density at radius 3 is 2.56 bits per heavy atom. The fourth-order valence-corrected chi connectivity index (χ4v) is 2.52. The van der Waals surface area contributed by atoms with Gasteiger partial charge in [-0.15, -0.1) is 0 Å². The van der Waals surface area contributed by atoms with Crippen LogP contribution in [-0.2, 0) is 13.1 Å². The summed E-state index contributed by atoms with van der Waals surface area (Å²) in [7, 11) is 1.98. The van der Waals surface area contributed by atoms with Gasteiger partial charge in [-0.05, 0) is 42.3 Å². The first-order valence-electron chi connectivity index (χ1n) is 8.12. The van der Waals surface area contributed by atoms with Crippen molar-refractivity contribution in [1.82, 2.24) is 10.2 Å². The summed E-state index contributed by atoms with van der Waals surface area (Å²) >= 11 is 5.93. The number of carbonyl (C=O) groups excluding carboxylic acids is 1. The van der Waals surface area contributed by atoms with Gasteiger partial charge in [0.15, 0.2) is 5.96 Å². The Morgan fingerprint density at radius 1 is 1.20 bits per heavy atom. The van der Waals surface area contributed by atoms with Crippen LogP contribution >= 0.6 is 11.6 Å². The van der Waals surface area contributed by atoms with Crippen LogP contribution in [-0.4, -0.2) is 30.4 Å². The van der Waals surface area contributed by atoms with Crippen molar-refractivity contribution in [2.45, 2.75) is 20.0 Å². The predicted octanol–water partition coefficient (Wildman–Crippen LogP) is 3.04. The summed E-state index contributed by atoms with van der Waals surface area (Å²) < 4.78 is 0. The second-order valence-electron chi connectivity index (χ2n) is 5.72. The highest BCUT2D eigenvalue weighted by Crippen LogP contribution is 2.11. The number of hydrogen-bond donors (Lipinski definition) is 2. The van der Waals surface area contributed by atoms with Gasteiger partial charge < -0.3 is 16.0 Å². The summed E-state index contributed by atoms with van der Waals surface area (Å²) in [6, 6.07) is 15.0. The topological polar surface area (TPSA) is 70.7 Å². The maximum absolute atomic E-state index is 11.3. The molecule has 0 saturated carbocycles. The van der Waals surface area contributed by atoms with Gasteiger partial charge >= 0.3 is 0 Å². The summed E-state index contributed by atoms with van der Waals surface area (Å²) in [6.07, 6.45) is 0. The van der Waals surface area contributed by atoms with Crippen molar-refractivity contribution in [3.63, 3.8) is 0 Å². The Hall–Kier alpha value is -2.53. The third-order valence-corrected chi connectivity index (χ3v) is 3.90. The molecule has 0 aliphatic rings. The molecule has 6 heteroatoms. The van der Waals surface area contributed by atoms with E-state index in [0.717, 1.165) is 28.7 Å². The maximum atomic E-state index is 11.3. The molecule has 0 aliphatic heterocycles. The van der Waals surface area contributed by atoms with Gasteiger partial charge in [0.1, 0.15) is 0 Å². The normalized spacial score (nSPS) is 11.2. The van der Waals surface area contributed by atoms with Gasteiger partial charge in [0.05, 0.1) is 6.54 Å². The maximum Gasteiger partial charge on any atom is 0.248 e. The number of guanidine groups is 1. The number of amides is 1. The second-order valence-corrected chi connectivity index (χ2v) is 6.15. The number of carbonyl (C=O) groups is 1. The molecule has 5 nitrogen and oxygen atoms in total. The number of halogens is 1.